The topological polar surface area (TPSA) is 3.24 Å². The smallest absolute Gasteiger partial charge is 0.123 e. The van der Waals surface area contributed by atoms with E-state index >= 15 is 0 Å². The average molecular weight is 378 g/mol. The largest absolute Gasteiger partial charge is 0.303 e. The first-order valence-electron chi connectivity index (χ1n) is 10.9. The number of allylic oxidation sites excluding steroid dienone is 2. The fourth-order valence-corrected chi connectivity index (χ4v) is 4.94. The highest BCUT2D eigenvalue weighted by atomic mass is 19.1. The molecule has 0 bridgehead atoms. The van der Waals surface area contributed by atoms with E-state index in [1.54, 1.807) is 17.7 Å². The van der Waals surface area contributed by atoms with Crippen molar-refractivity contribution in [3.63, 3.8) is 0 Å². The molecule has 2 aromatic carbocycles. The third kappa shape index (κ3) is 4.91. The SMILES string of the molecule is C[C@@H]1CN(CCc2ccc(F)cc2)CC[C@@H]1CC1=CCCc2ccccc2C1. The van der Waals surface area contributed by atoms with E-state index in [1.807, 2.05) is 12.1 Å². The zero-order valence-electron chi connectivity index (χ0n) is 17.0. The van der Waals surface area contributed by atoms with E-state index in [0.29, 0.717) is 0 Å². The lowest BCUT2D eigenvalue weighted by molar-refractivity contribution is 0.130. The minimum Gasteiger partial charge on any atom is -0.303 e. The molecule has 2 aromatic rings. The Hall–Kier alpha value is -1.93. The van der Waals surface area contributed by atoms with Crippen LogP contribution in [-0.4, -0.2) is 24.5 Å². The molecule has 0 radical (unpaired) electrons. The molecular formula is C26H32FN. The van der Waals surface area contributed by atoms with E-state index in [2.05, 4.69) is 42.2 Å². The van der Waals surface area contributed by atoms with Crippen LogP contribution < -0.4 is 0 Å². The predicted molar refractivity (Wildman–Crippen MR) is 115 cm³/mol. The fraction of sp³-hybridized carbons (Fsp3) is 0.462. The Balaban J connectivity index is 1.28. The van der Waals surface area contributed by atoms with Gasteiger partial charge in [0.2, 0.25) is 0 Å². The number of piperidine rings is 1. The molecule has 1 heterocycles. The maximum Gasteiger partial charge on any atom is 0.123 e. The van der Waals surface area contributed by atoms with E-state index < -0.39 is 0 Å². The van der Waals surface area contributed by atoms with Gasteiger partial charge in [0.25, 0.3) is 0 Å². The van der Waals surface area contributed by atoms with Crippen LogP contribution in [0.15, 0.2) is 60.2 Å². The number of hydrogen-bond donors (Lipinski definition) is 0. The zero-order valence-corrected chi connectivity index (χ0v) is 17.0. The van der Waals surface area contributed by atoms with Crippen molar-refractivity contribution in [1.82, 2.24) is 4.90 Å². The molecule has 0 N–H and O–H groups in total. The number of hydrogen-bond acceptors (Lipinski definition) is 1. The number of rotatable bonds is 5. The quantitative estimate of drug-likeness (QED) is 0.592. The number of benzene rings is 2. The Bertz CT molecular complexity index is 807. The molecule has 148 valence electrons. The summed E-state index contributed by atoms with van der Waals surface area (Å²) in [4.78, 5) is 2.60. The number of halogens is 1. The molecule has 28 heavy (non-hydrogen) atoms. The van der Waals surface area contributed by atoms with Crippen LogP contribution >= 0.6 is 0 Å². The lowest BCUT2D eigenvalue weighted by atomic mass is 9.81. The van der Waals surface area contributed by atoms with Gasteiger partial charge in [-0.3, -0.25) is 0 Å². The van der Waals surface area contributed by atoms with Gasteiger partial charge in [0.05, 0.1) is 0 Å². The first-order valence-corrected chi connectivity index (χ1v) is 10.9. The highest BCUT2D eigenvalue weighted by molar-refractivity contribution is 5.33. The van der Waals surface area contributed by atoms with Crippen molar-refractivity contribution < 1.29 is 4.39 Å². The van der Waals surface area contributed by atoms with Crippen molar-refractivity contribution in [3.05, 3.63) is 82.7 Å². The molecule has 0 amide bonds. The van der Waals surface area contributed by atoms with Gasteiger partial charge in [0.15, 0.2) is 0 Å². The molecule has 2 atom stereocenters. The maximum atomic E-state index is 13.1. The third-order valence-electron chi connectivity index (χ3n) is 6.70. The van der Waals surface area contributed by atoms with Gasteiger partial charge < -0.3 is 4.90 Å². The van der Waals surface area contributed by atoms with Crippen LogP contribution in [-0.2, 0) is 19.3 Å². The second-order valence-electron chi connectivity index (χ2n) is 8.75. The van der Waals surface area contributed by atoms with Gasteiger partial charge in [0.1, 0.15) is 5.82 Å². The Labute approximate surface area is 169 Å². The second-order valence-corrected chi connectivity index (χ2v) is 8.75. The van der Waals surface area contributed by atoms with Gasteiger partial charge in [-0.05, 0) is 85.7 Å². The molecule has 2 aliphatic rings. The van der Waals surface area contributed by atoms with Crippen LogP contribution in [0.1, 0.15) is 42.9 Å². The molecular weight excluding hydrogens is 345 g/mol. The van der Waals surface area contributed by atoms with E-state index in [-0.39, 0.29) is 5.82 Å². The normalized spacial score (nSPS) is 23.0. The van der Waals surface area contributed by atoms with Crippen LogP contribution in [0.5, 0.6) is 0 Å². The minimum atomic E-state index is -0.145. The Kier molecular flexibility index (Phi) is 6.26. The number of aryl methyl sites for hydroxylation is 1. The van der Waals surface area contributed by atoms with Crippen LogP contribution in [0.4, 0.5) is 4.39 Å². The highest BCUT2D eigenvalue weighted by Crippen LogP contribution is 2.32. The van der Waals surface area contributed by atoms with Crippen molar-refractivity contribution in [1.29, 1.82) is 0 Å². The first kappa shape index (κ1) is 19.4. The Morgan fingerprint density at radius 3 is 2.61 bits per heavy atom. The second kappa shape index (κ2) is 9.05. The standard InChI is InChI=1S/C26H32FN/c1-20-19-28(15-13-21-9-11-26(27)12-10-21)16-14-24(20)17-22-5-4-8-23-6-2-3-7-25(23)18-22/h2-3,5-7,9-12,20,24H,4,8,13-19H2,1H3/t20-,24-/m1/s1. The lowest BCUT2D eigenvalue weighted by Crippen LogP contribution is -2.40. The minimum absolute atomic E-state index is 0.145. The van der Waals surface area contributed by atoms with Crippen LogP contribution in [0.25, 0.3) is 0 Å². The summed E-state index contributed by atoms with van der Waals surface area (Å²) in [5.41, 5.74) is 5.97. The van der Waals surface area contributed by atoms with E-state index in [4.69, 9.17) is 0 Å². The van der Waals surface area contributed by atoms with Gasteiger partial charge in [-0.1, -0.05) is 55.0 Å². The Morgan fingerprint density at radius 2 is 1.82 bits per heavy atom. The molecule has 4 rings (SSSR count). The molecule has 1 aliphatic heterocycles. The summed E-state index contributed by atoms with van der Waals surface area (Å²) in [7, 11) is 0. The molecule has 1 saturated heterocycles. The van der Waals surface area contributed by atoms with Crippen molar-refractivity contribution >= 4 is 0 Å². The maximum absolute atomic E-state index is 13.1. The van der Waals surface area contributed by atoms with Gasteiger partial charge in [0, 0.05) is 13.1 Å². The van der Waals surface area contributed by atoms with Gasteiger partial charge >= 0.3 is 0 Å². The van der Waals surface area contributed by atoms with Crippen molar-refractivity contribution in [2.24, 2.45) is 11.8 Å². The lowest BCUT2D eigenvalue weighted by Gasteiger charge is -2.37. The van der Waals surface area contributed by atoms with Crippen molar-refractivity contribution in [2.75, 3.05) is 19.6 Å². The number of fused-ring (bicyclic) bond motifs is 1. The summed E-state index contributed by atoms with van der Waals surface area (Å²) >= 11 is 0. The molecule has 0 aromatic heterocycles. The molecule has 0 spiro atoms. The van der Waals surface area contributed by atoms with Crippen molar-refractivity contribution in [3.8, 4) is 0 Å². The van der Waals surface area contributed by atoms with Crippen LogP contribution in [0.3, 0.4) is 0 Å². The monoisotopic (exact) mass is 377 g/mol. The average Bonchev–Trinajstić information content (AvgIpc) is 2.91. The Morgan fingerprint density at radius 1 is 1.04 bits per heavy atom. The van der Waals surface area contributed by atoms with E-state index in [0.717, 1.165) is 31.2 Å². The fourth-order valence-electron chi connectivity index (χ4n) is 4.94. The molecule has 2 heteroatoms. The van der Waals surface area contributed by atoms with Gasteiger partial charge in [-0.25, -0.2) is 4.39 Å². The first-order chi connectivity index (χ1) is 13.7. The number of likely N-dealkylation sites (tertiary alicyclic amines) is 1. The van der Waals surface area contributed by atoms with Crippen LogP contribution in [0, 0.1) is 17.7 Å². The summed E-state index contributed by atoms with van der Waals surface area (Å²) in [6.45, 7) is 5.90. The highest BCUT2D eigenvalue weighted by Gasteiger charge is 2.27. The van der Waals surface area contributed by atoms with Gasteiger partial charge in [-0.15, -0.1) is 0 Å². The summed E-state index contributed by atoms with van der Waals surface area (Å²) in [5, 5.41) is 0. The third-order valence-corrected chi connectivity index (χ3v) is 6.70. The van der Waals surface area contributed by atoms with Crippen molar-refractivity contribution in [2.45, 2.75) is 45.4 Å². The summed E-state index contributed by atoms with van der Waals surface area (Å²) in [6, 6.07) is 16.0. The molecule has 0 unspecified atom stereocenters. The van der Waals surface area contributed by atoms with Gasteiger partial charge in [-0.2, -0.15) is 0 Å². The van der Waals surface area contributed by atoms with Crippen LogP contribution in [0.2, 0.25) is 0 Å². The predicted octanol–water partition coefficient (Wildman–Crippen LogP) is 5.83. The molecule has 1 fully saturated rings. The summed E-state index contributed by atoms with van der Waals surface area (Å²) in [5.74, 6) is 1.40. The molecule has 0 saturated carbocycles. The summed E-state index contributed by atoms with van der Waals surface area (Å²) < 4.78 is 13.1. The zero-order chi connectivity index (χ0) is 19.3. The van der Waals surface area contributed by atoms with E-state index in [9.17, 15) is 4.39 Å². The van der Waals surface area contributed by atoms with E-state index in [1.165, 1.54) is 55.5 Å². The number of nitrogens with zero attached hydrogens (tertiary/aromatic N) is 1. The molecule has 1 aliphatic carbocycles. The summed E-state index contributed by atoms with van der Waals surface area (Å²) in [6.07, 6.45) is 9.63. The molecule has 1 nitrogen and oxygen atoms in total.